The normalized spacial score (nSPS) is 19.8. The van der Waals surface area contributed by atoms with Crippen LogP contribution >= 0.6 is 11.8 Å². The Morgan fingerprint density at radius 1 is 0.946 bits per heavy atom. The fraction of sp³-hybridized carbons (Fsp3) is 0.480. The number of piperidine rings is 1. The first-order valence-electron chi connectivity index (χ1n) is 12.2. The number of hydrogen-bond donors (Lipinski definition) is 0. The summed E-state index contributed by atoms with van der Waals surface area (Å²) in [5.74, 6) is -10.2. The van der Waals surface area contributed by atoms with Crippen molar-refractivity contribution in [2.75, 3.05) is 13.1 Å². The van der Waals surface area contributed by atoms with Gasteiger partial charge in [-0.3, -0.25) is 0 Å². The van der Waals surface area contributed by atoms with Gasteiger partial charge >= 0.3 is 0 Å². The summed E-state index contributed by atoms with van der Waals surface area (Å²) in [6.45, 7) is 2.91. The van der Waals surface area contributed by atoms with Crippen molar-refractivity contribution in [2.45, 2.75) is 67.3 Å². The van der Waals surface area contributed by atoms with E-state index in [1.807, 2.05) is 11.5 Å². The molecule has 200 valence electrons. The van der Waals surface area contributed by atoms with E-state index in [-0.39, 0.29) is 16.9 Å². The largest absolute Gasteiger partial charge is 0.316 e. The van der Waals surface area contributed by atoms with Crippen LogP contribution in [0.25, 0.3) is 11.0 Å². The van der Waals surface area contributed by atoms with Gasteiger partial charge in [0.25, 0.3) is 0 Å². The monoisotopic (exact) mass is 559 g/mol. The molecule has 1 atom stereocenters. The smallest absolute Gasteiger partial charge is 0.243 e. The van der Waals surface area contributed by atoms with Crippen molar-refractivity contribution in [1.29, 1.82) is 0 Å². The summed E-state index contributed by atoms with van der Waals surface area (Å²) in [6, 6.07) is 4.76. The summed E-state index contributed by atoms with van der Waals surface area (Å²) in [4.78, 5) is 4.68. The number of nitrogens with zero attached hydrogens (tertiary/aromatic N) is 3. The molecule has 1 aliphatic heterocycles. The van der Waals surface area contributed by atoms with Crippen LogP contribution in [0.1, 0.15) is 57.1 Å². The average Bonchev–Trinajstić information content (AvgIpc) is 3.53. The Bertz CT molecular complexity index is 1430. The highest BCUT2D eigenvalue weighted by atomic mass is 32.2. The van der Waals surface area contributed by atoms with Crippen molar-refractivity contribution in [3.63, 3.8) is 0 Å². The molecular formula is C25H26F5N3O2S2. The van der Waals surface area contributed by atoms with Gasteiger partial charge in [-0.05, 0) is 49.8 Å². The Kier molecular flexibility index (Phi) is 7.27. The zero-order chi connectivity index (χ0) is 26.5. The Morgan fingerprint density at radius 2 is 1.59 bits per heavy atom. The fourth-order valence-electron chi connectivity index (χ4n) is 5.26. The van der Waals surface area contributed by atoms with Gasteiger partial charge in [-0.1, -0.05) is 31.5 Å². The Labute approximate surface area is 216 Å². The molecule has 0 unspecified atom stereocenters. The first-order chi connectivity index (χ1) is 17.6. The molecule has 12 heteroatoms. The van der Waals surface area contributed by atoms with E-state index in [0.29, 0.717) is 29.3 Å². The van der Waals surface area contributed by atoms with Gasteiger partial charge in [0, 0.05) is 30.4 Å². The molecule has 1 aliphatic carbocycles. The predicted octanol–water partition coefficient (Wildman–Crippen LogP) is 6.56. The van der Waals surface area contributed by atoms with Crippen molar-refractivity contribution < 1.29 is 30.4 Å². The third kappa shape index (κ3) is 4.76. The molecule has 2 fully saturated rings. The van der Waals surface area contributed by atoms with Crippen molar-refractivity contribution in [2.24, 2.45) is 5.92 Å². The van der Waals surface area contributed by atoms with E-state index in [9.17, 15) is 30.4 Å². The van der Waals surface area contributed by atoms with Crippen LogP contribution in [0.3, 0.4) is 0 Å². The second-order valence-electron chi connectivity index (χ2n) is 9.80. The Hall–Kier alpha value is -2.18. The lowest BCUT2D eigenvalue weighted by atomic mass is 10.0. The first-order valence-corrected chi connectivity index (χ1v) is 14.7. The minimum absolute atomic E-state index is 0.0364. The van der Waals surface area contributed by atoms with Gasteiger partial charge in [0.05, 0.1) is 15.9 Å². The highest BCUT2D eigenvalue weighted by Gasteiger charge is 2.31. The van der Waals surface area contributed by atoms with Crippen LogP contribution in [0, 0.1) is 35.0 Å². The maximum atomic E-state index is 14.3. The maximum Gasteiger partial charge on any atom is 0.243 e. The molecule has 0 spiro atoms. The zero-order valence-corrected chi connectivity index (χ0v) is 21.7. The average molecular weight is 560 g/mol. The molecule has 37 heavy (non-hydrogen) atoms. The van der Waals surface area contributed by atoms with Crippen LogP contribution in [0.15, 0.2) is 28.3 Å². The SMILES string of the molecule is C[C@@H]1CCCN(S(=O)(=O)c2ccc3c(c2)nc(SCc2c(F)c(F)c(F)c(F)c2F)n3C2CCCC2)C1. The molecule has 0 radical (unpaired) electrons. The van der Waals surface area contributed by atoms with Gasteiger partial charge in [-0.2, -0.15) is 4.31 Å². The summed E-state index contributed by atoms with van der Waals surface area (Å²) in [6.07, 6.45) is 5.40. The van der Waals surface area contributed by atoms with Gasteiger partial charge in [-0.15, -0.1) is 0 Å². The van der Waals surface area contributed by atoms with E-state index < -0.39 is 50.4 Å². The van der Waals surface area contributed by atoms with Crippen molar-refractivity contribution in [1.82, 2.24) is 13.9 Å². The number of sulfonamides is 1. The molecular weight excluding hydrogens is 533 g/mol. The predicted molar refractivity (Wildman–Crippen MR) is 130 cm³/mol. The first kappa shape index (κ1) is 26.4. The lowest BCUT2D eigenvalue weighted by Crippen LogP contribution is -2.39. The van der Waals surface area contributed by atoms with E-state index in [1.54, 1.807) is 12.1 Å². The number of aromatic nitrogens is 2. The number of thioether (sulfide) groups is 1. The molecule has 3 aromatic rings. The van der Waals surface area contributed by atoms with Gasteiger partial charge in [0.2, 0.25) is 15.8 Å². The van der Waals surface area contributed by atoms with E-state index in [1.165, 1.54) is 10.4 Å². The van der Waals surface area contributed by atoms with Crippen LogP contribution in [0.4, 0.5) is 22.0 Å². The van der Waals surface area contributed by atoms with E-state index in [4.69, 9.17) is 0 Å². The van der Waals surface area contributed by atoms with Crippen molar-refractivity contribution >= 4 is 32.8 Å². The molecule has 0 N–H and O–H groups in total. The second-order valence-corrected chi connectivity index (χ2v) is 12.7. The number of fused-ring (bicyclic) bond motifs is 1. The van der Waals surface area contributed by atoms with Gasteiger partial charge < -0.3 is 4.57 Å². The summed E-state index contributed by atoms with van der Waals surface area (Å²) >= 11 is 0.862. The zero-order valence-electron chi connectivity index (χ0n) is 20.1. The van der Waals surface area contributed by atoms with Crippen LogP contribution in [-0.2, 0) is 15.8 Å². The minimum Gasteiger partial charge on any atom is -0.316 e. The molecule has 2 aliphatic rings. The standard InChI is InChI=1S/C25H26F5N3O2S2/c1-14-5-4-10-32(12-14)37(34,35)16-8-9-19-18(11-16)31-25(33(19)15-6-2-3-7-15)36-13-17-20(26)22(28)24(30)23(29)21(17)27/h8-9,11,14-15H,2-7,10,12-13H2,1H3/t14-/m1/s1. The molecule has 1 saturated heterocycles. The number of halogens is 5. The highest BCUT2D eigenvalue weighted by molar-refractivity contribution is 7.98. The van der Waals surface area contributed by atoms with E-state index in [2.05, 4.69) is 4.98 Å². The molecule has 0 amide bonds. The van der Waals surface area contributed by atoms with Crippen LogP contribution in [0.2, 0.25) is 0 Å². The molecule has 5 rings (SSSR count). The highest BCUT2D eigenvalue weighted by Crippen LogP contribution is 2.39. The van der Waals surface area contributed by atoms with Crippen LogP contribution in [0.5, 0.6) is 0 Å². The van der Waals surface area contributed by atoms with Crippen LogP contribution < -0.4 is 0 Å². The summed E-state index contributed by atoms with van der Waals surface area (Å²) in [5.41, 5.74) is 0.143. The lowest BCUT2D eigenvalue weighted by molar-refractivity contribution is 0.281. The fourth-order valence-corrected chi connectivity index (χ4v) is 7.96. The number of benzene rings is 2. The molecule has 2 heterocycles. The minimum atomic E-state index is -3.73. The Morgan fingerprint density at radius 3 is 2.24 bits per heavy atom. The molecule has 1 saturated carbocycles. The third-order valence-electron chi connectivity index (χ3n) is 7.22. The number of imidazole rings is 1. The number of rotatable bonds is 6. The molecule has 1 aromatic heterocycles. The maximum absolute atomic E-state index is 14.3. The van der Waals surface area contributed by atoms with Crippen molar-refractivity contribution in [3.05, 3.63) is 52.8 Å². The van der Waals surface area contributed by atoms with E-state index >= 15 is 0 Å². The summed E-state index contributed by atoms with van der Waals surface area (Å²) in [5, 5.41) is 0.340. The van der Waals surface area contributed by atoms with Crippen LogP contribution in [-0.4, -0.2) is 35.4 Å². The quantitative estimate of drug-likeness (QED) is 0.149. The molecule has 5 nitrogen and oxygen atoms in total. The Balaban J connectivity index is 1.52. The summed E-state index contributed by atoms with van der Waals surface area (Å²) < 4.78 is 99.4. The number of hydrogen-bond acceptors (Lipinski definition) is 4. The molecule has 2 aromatic carbocycles. The van der Waals surface area contributed by atoms with Gasteiger partial charge in [0.1, 0.15) is 0 Å². The third-order valence-corrected chi connectivity index (χ3v) is 10.1. The second kappa shape index (κ2) is 10.2. The topological polar surface area (TPSA) is 55.2 Å². The van der Waals surface area contributed by atoms with E-state index in [0.717, 1.165) is 50.3 Å². The lowest BCUT2D eigenvalue weighted by Gasteiger charge is -2.30. The van der Waals surface area contributed by atoms with Gasteiger partial charge in [-0.25, -0.2) is 35.4 Å². The molecule has 0 bridgehead atoms. The van der Waals surface area contributed by atoms with Gasteiger partial charge in [0.15, 0.2) is 28.4 Å². The van der Waals surface area contributed by atoms with Crippen molar-refractivity contribution in [3.8, 4) is 0 Å². The summed E-state index contributed by atoms with van der Waals surface area (Å²) in [7, 11) is -3.73.